The van der Waals surface area contributed by atoms with Crippen molar-refractivity contribution in [2.75, 3.05) is 37.6 Å². The highest BCUT2D eigenvalue weighted by Gasteiger charge is 2.19. The number of aromatic nitrogens is 2. The molecule has 0 saturated carbocycles. The molecular formula is C27H28N4O2. The summed E-state index contributed by atoms with van der Waals surface area (Å²) in [6, 6.07) is 26.1. The Kier molecular flexibility index (Phi) is 5.84. The normalized spacial score (nSPS) is 14.6. The van der Waals surface area contributed by atoms with E-state index in [1.165, 1.54) is 21.0 Å². The molecule has 0 radical (unpaired) electrons. The van der Waals surface area contributed by atoms with Gasteiger partial charge in [-0.15, -0.1) is 0 Å². The van der Waals surface area contributed by atoms with Crippen molar-refractivity contribution in [2.24, 2.45) is 7.05 Å². The van der Waals surface area contributed by atoms with Crippen LogP contribution in [0.5, 0.6) is 0 Å². The topological polar surface area (TPSA) is 50.5 Å². The van der Waals surface area contributed by atoms with Gasteiger partial charge in [0.1, 0.15) is 0 Å². The molecule has 0 aliphatic carbocycles. The molecular weight excluding hydrogens is 412 g/mol. The zero-order chi connectivity index (χ0) is 22.8. The van der Waals surface area contributed by atoms with E-state index in [0.717, 1.165) is 31.7 Å². The van der Waals surface area contributed by atoms with Crippen molar-refractivity contribution < 1.29 is 0 Å². The lowest BCUT2D eigenvalue weighted by atomic mass is 10.1. The van der Waals surface area contributed by atoms with Crippen molar-refractivity contribution in [3.8, 4) is 11.3 Å². The molecule has 0 N–H and O–H groups in total. The maximum Gasteiger partial charge on any atom is 0.331 e. The van der Waals surface area contributed by atoms with Gasteiger partial charge in [-0.05, 0) is 17.0 Å². The van der Waals surface area contributed by atoms with E-state index in [-0.39, 0.29) is 11.2 Å². The van der Waals surface area contributed by atoms with Gasteiger partial charge in [0.05, 0.1) is 5.69 Å². The summed E-state index contributed by atoms with van der Waals surface area (Å²) in [5.41, 5.74) is 2.27. The van der Waals surface area contributed by atoms with E-state index < -0.39 is 0 Å². The zero-order valence-corrected chi connectivity index (χ0v) is 18.9. The van der Waals surface area contributed by atoms with E-state index in [1.807, 2.05) is 30.3 Å². The van der Waals surface area contributed by atoms with E-state index in [1.54, 1.807) is 17.7 Å². The Labute approximate surface area is 192 Å². The van der Waals surface area contributed by atoms with Crippen molar-refractivity contribution in [3.05, 3.63) is 99.7 Å². The molecule has 6 nitrogen and oxygen atoms in total. The minimum absolute atomic E-state index is 0.244. The first-order chi connectivity index (χ1) is 16.1. The van der Waals surface area contributed by atoms with Crippen LogP contribution in [-0.4, -0.2) is 46.8 Å². The largest absolute Gasteiger partial charge is 0.368 e. The number of hydrogen-bond acceptors (Lipinski definition) is 4. The minimum atomic E-state index is -0.268. The van der Waals surface area contributed by atoms with Crippen LogP contribution in [0.15, 0.2) is 88.5 Å². The van der Waals surface area contributed by atoms with Crippen LogP contribution in [0.25, 0.3) is 22.0 Å². The number of fused-ring (bicyclic) bond motifs is 1. The second kappa shape index (κ2) is 9.08. The molecule has 6 heteroatoms. The standard InChI is InChI=1S/C27H28N4O2/c1-28-25(22-9-3-2-4-10-22)20-26(32)31(27(28)33)19-16-29-14-17-30(18-15-29)24-13-7-11-21-8-5-6-12-23(21)24/h2-13,20H,14-19H2,1H3. The van der Waals surface area contributed by atoms with E-state index in [4.69, 9.17) is 0 Å². The predicted octanol–water partition coefficient (Wildman–Crippen LogP) is 3.19. The van der Waals surface area contributed by atoms with Gasteiger partial charge >= 0.3 is 5.69 Å². The highest BCUT2D eigenvalue weighted by Crippen LogP contribution is 2.27. The van der Waals surface area contributed by atoms with Crippen molar-refractivity contribution in [3.63, 3.8) is 0 Å². The Morgan fingerprint density at radius 2 is 1.45 bits per heavy atom. The summed E-state index contributed by atoms with van der Waals surface area (Å²) in [7, 11) is 1.73. The van der Waals surface area contributed by atoms with Gasteiger partial charge < -0.3 is 4.90 Å². The van der Waals surface area contributed by atoms with Crippen LogP contribution >= 0.6 is 0 Å². The molecule has 1 aromatic heterocycles. The van der Waals surface area contributed by atoms with E-state index in [9.17, 15) is 9.59 Å². The minimum Gasteiger partial charge on any atom is -0.368 e. The van der Waals surface area contributed by atoms with Gasteiger partial charge in [0.2, 0.25) is 0 Å². The van der Waals surface area contributed by atoms with Gasteiger partial charge in [0, 0.05) is 63.5 Å². The number of piperazine rings is 1. The summed E-state index contributed by atoms with van der Waals surface area (Å²) < 4.78 is 2.92. The molecule has 1 saturated heterocycles. The zero-order valence-electron chi connectivity index (χ0n) is 18.9. The Bertz CT molecular complexity index is 1380. The molecule has 4 aromatic rings. The average molecular weight is 441 g/mol. The summed E-state index contributed by atoms with van der Waals surface area (Å²) in [6.45, 7) is 4.74. The summed E-state index contributed by atoms with van der Waals surface area (Å²) in [5, 5.41) is 2.54. The lowest BCUT2D eigenvalue weighted by molar-refractivity contribution is 0.245. The van der Waals surface area contributed by atoms with Crippen LogP contribution in [0.2, 0.25) is 0 Å². The van der Waals surface area contributed by atoms with Crippen LogP contribution in [-0.2, 0) is 13.6 Å². The Balaban J connectivity index is 1.26. The smallest absolute Gasteiger partial charge is 0.331 e. The number of benzene rings is 3. The molecule has 0 bridgehead atoms. The first-order valence-electron chi connectivity index (χ1n) is 11.4. The molecule has 33 heavy (non-hydrogen) atoms. The lowest BCUT2D eigenvalue weighted by Gasteiger charge is -2.36. The molecule has 168 valence electrons. The van der Waals surface area contributed by atoms with Crippen LogP contribution in [0, 0.1) is 0 Å². The molecule has 3 aromatic carbocycles. The molecule has 1 aliphatic heterocycles. The Morgan fingerprint density at radius 3 is 2.24 bits per heavy atom. The summed E-state index contributed by atoms with van der Waals surface area (Å²) in [5.74, 6) is 0. The lowest BCUT2D eigenvalue weighted by Crippen LogP contribution is -2.49. The van der Waals surface area contributed by atoms with Crippen LogP contribution in [0.4, 0.5) is 5.69 Å². The fourth-order valence-corrected chi connectivity index (χ4v) is 4.70. The first kappa shape index (κ1) is 21.2. The SMILES string of the molecule is Cn1c(-c2ccccc2)cc(=O)n(CCN2CCN(c3cccc4ccccc34)CC2)c1=O. The van der Waals surface area contributed by atoms with Gasteiger partial charge in [-0.3, -0.25) is 18.8 Å². The van der Waals surface area contributed by atoms with Crippen molar-refractivity contribution in [2.45, 2.75) is 6.54 Å². The van der Waals surface area contributed by atoms with Crippen molar-refractivity contribution in [1.82, 2.24) is 14.0 Å². The number of hydrogen-bond donors (Lipinski definition) is 0. The maximum absolute atomic E-state index is 12.9. The van der Waals surface area contributed by atoms with Gasteiger partial charge in [0.15, 0.2) is 0 Å². The summed E-state index contributed by atoms with van der Waals surface area (Å²) in [6.07, 6.45) is 0. The van der Waals surface area contributed by atoms with E-state index in [2.05, 4.69) is 52.3 Å². The molecule has 1 aliphatic rings. The first-order valence-corrected chi connectivity index (χ1v) is 11.4. The molecule has 0 spiro atoms. The fourth-order valence-electron chi connectivity index (χ4n) is 4.70. The Hall–Kier alpha value is -3.64. The van der Waals surface area contributed by atoms with Gasteiger partial charge in [-0.2, -0.15) is 0 Å². The molecule has 0 unspecified atom stereocenters. The van der Waals surface area contributed by atoms with Gasteiger partial charge in [-0.1, -0.05) is 66.7 Å². The second-order valence-corrected chi connectivity index (χ2v) is 8.55. The Morgan fingerprint density at radius 1 is 0.758 bits per heavy atom. The molecule has 1 fully saturated rings. The molecule has 0 amide bonds. The van der Waals surface area contributed by atoms with Crippen LogP contribution < -0.4 is 16.1 Å². The third-order valence-corrected chi connectivity index (χ3v) is 6.59. The third kappa shape index (κ3) is 4.22. The number of anilines is 1. The van der Waals surface area contributed by atoms with Gasteiger partial charge in [0.25, 0.3) is 5.56 Å². The summed E-state index contributed by atoms with van der Waals surface area (Å²) in [4.78, 5) is 30.4. The van der Waals surface area contributed by atoms with E-state index >= 15 is 0 Å². The molecule has 0 atom stereocenters. The fraction of sp³-hybridized carbons (Fsp3) is 0.259. The number of rotatable bonds is 5. The van der Waals surface area contributed by atoms with Crippen LogP contribution in [0.1, 0.15) is 0 Å². The molecule has 2 heterocycles. The second-order valence-electron chi connectivity index (χ2n) is 8.55. The molecule has 5 rings (SSSR count). The monoisotopic (exact) mass is 440 g/mol. The highest BCUT2D eigenvalue weighted by molar-refractivity contribution is 5.94. The quantitative estimate of drug-likeness (QED) is 0.478. The van der Waals surface area contributed by atoms with Gasteiger partial charge in [-0.25, -0.2) is 4.79 Å². The third-order valence-electron chi connectivity index (χ3n) is 6.59. The van der Waals surface area contributed by atoms with Crippen molar-refractivity contribution in [1.29, 1.82) is 0 Å². The predicted molar refractivity (Wildman–Crippen MR) is 134 cm³/mol. The van der Waals surface area contributed by atoms with Crippen molar-refractivity contribution >= 4 is 16.5 Å². The van der Waals surface area contributed by atoms with E-state index in [0.29, 0.717) is 18.8 Å². The highest BCUT2D eigenvalue weighted by atomic mass is 16.2. The number of nitrogens with zero attached hydrogens (tertiary/aromatic N) is 4. The average Bonchev–Trinajstić information content (AvgIpc) is 2.87. The summed E-state index contributed by atoms with van der Waals surface area (Å²) >= 11 is 0. The maximum atomic E-state index is 12.9. The van der Waals surface area contributed by atoms with Crippen LogP contribution in [0.3, 0.4) is 0 Å².